The molecule has 0 saturated carbocycles. The highest BCUT2D eigenvalue weighted by Crippen LogP contribution is 2.33. The number of rotatable bonds is 1. The summed E-state index contributed by atoms with van der Waals surface area (Å²) >= 11 is 0. The first-order valence-electron chi connectivity index (χ1n) is 5.91. The van der Waals surface area contributed by atoms with E-state index in [1.807, 2.05) is 18.2 Å². The maximum atomic E-state index is 5.65. The van der Waals surface area contributed by atoms with Gasteiger partial charge in [0.05, 0.1) is 6.61 Å². The Kier molecular flexibility index (Phi) is 2.66. The fraction of sp³-hybridized carbons (Fsp3) is 0.125. The second-order valence-corrected chi connectivity index (χ2v) is 4.17. The average molecular weight is 222 g/mol. The summed E-state index contributed by atoms with van der Waals surface area (Å²) in [4.78, 5) is 0. The van der Waals surface area contributed by atoms with Crippen molar-refractivity contribution in [3.05, 3.63) is 65.7 Å². The summed E-state index contributed by atoms with van der Waals surface area (Å²) in [6, 6.07) is 18.7. The third-order valence-electron chi connectivity index (χ3n) is 3.00. The molecule has 2 aromatic rings. The van der Waals surface area contributed by atoms with Crippen molar-refractivity contribution in [3.8, 4) is 5.75 Å². The van der Waals surface area contributed by atoms with Crippen molar-refractivity contribution in [1.29, 1.82) is 0 Å². The predicted octanol–water partition coefficient (Wildman–Crippen LogP) is 4.01. The molecule has 0 atom stereocenters. The minimum atomic E-state index is 0.773. The number of ether oxygens (including phenoxy) is 1. The van der Waals surface area contributed by atoms with Crippen molar-refractivity contribution in [1.82, 2.24) is 0 Å². The maximum Gasteiger partial charge on any atom is 0.126 e. The lowest BCUT2D eigenvalue weighted by molar-refractivity contribution is 0.317. The molecule has 0 bridgehead atoms. The maximum absolute atomic E-state index is 5.65. The standard InChI is InChI=1S/C16H14O/c1-2-6-13(7-3-1)12-14-10-11-17-16-9-5-4-8-15(14)16/h1-9,12H,10-11H2. The Bertz CT molecular complexity index is 540. The second-order valence-electron chi connectivity index (χ2n) is 4.17. The first kappa shape index (κ1) is 10.2. The monoisotopic (exact) mass is 222 g/mol. The highest BCUT2D eigenvalue weighted by atomic mass is 16.5. The van der Waals surface area contributed by atoms with Gasteiger partial charge in [-0.2, -0.15) is 0 Å². The van der Waals surface area contributed by atoms with Crippen LogP contribution in [0.4, 0.5) is 0 Å². The molecular weight excluding hydrogens is 208 g/mol. The molecule has 0 aliphatic carbocycles. The van der Waals surface area contributed by atoms with Crippen molar-refractivity contribution in [3.63, 3.8) is 0 Å². The van der Waals surface area contributed by atoms with Gasteiger partial charge in [0, 0.05) is 12.0 Å². The van der Waals surface area contributed by atoms with E-state index in [1.165, 1.54) is 16.7 Å². The van der Waals surface area contributed by atoms with Gasteiger partial charge in [-0.15, -0.1) is 0 Å². The van der Waals surface area contributed by atoms with Gasteiger partial charge in [0.25, 0.3) is 0 Å². The summed E-state index contributed by atoms with van der Waals surface area (Å²) < 4.78 is 5.65. The summed E-state index contributed by atoms with van der Waals surface area (Å²) in [7, 11) is 0. The highest BCUT2D eigenvalue weighted by Gasteiger charge is 2.13. The second kappa shape index (κ2) is 4.46. The molecule has 0 saturated heterocycles. The number of hydrogen-bond acceptors (Lipinski definition) is 1. The predicted molar refractivity (Wildman–Crippen MR) is 70.9 cm³/mol. The Hall–Kier alpha value is -2.02. The Morgan fingerprint density at radius 2 is 1.65 bits per heavy atom. The Balaban J connectivity index is 2.03. The van der Waals surface area contributed by atoms with E-state index in [0.29, 0.717) is 0 Å². The smallest absolute Gasteiger partial charge is 0.126 e. The van der Waals surface area contributed by atoms with E-state index in [9.17, 15) is 0 Å². The summed E-state index contributed by atoms with van der Waals surface area (Å²) in [5.74, 6) is 1.00. The molecule has 3 rings (SSSR count). The molecule has 0 N–H and O–H groups in total. The molecule has 17 heavy (non-hydrogen) atoms. The molecular formula is C16H14O. The van der Waals surface area contributed by atoms with E-state index < -0.39 is 0 Å². The van der Waals surface area contributed by atoms with Crippen molar-refractivity contribution in [2.45, 2.75) is 6.42 Å². The first-order valence-corrected chi connectivity index (χ1v) is 5.91. The Morgan fingerprint density at radius 1 is 0.882 bits per heavy atom. The van der Waals surface area contributed by atoms with E-state index >= 15 is 0 Å². The van der Waals surface area contributed by atoms with Gasteiger partial charge in [0.1, 0.15) is 5.75 Å². The molecule has 1 aliphatic rings. The lowest BCUT2D eigenvalue weighted by Gasteiger charge is -2.19. The Labute approximate surface area is 101 Å². The SMILES string of the molecule is C(=C1CCOc2ccccc21)c1ccccc1. The molecule has 0 unspecified atom stereocenters. The molecule has 0 aromatic heterocycles. The minimum Gasteiger partial charge on any atom is -0.493 e. The van der Waals surface area contributed by atoms with Crippen molar-refractivity contribution < 1.29 is 4.74 Å². The zero-order valence-corrected chi connectivity index (χ0v) is 9.60. The van der Waals surface area contributed by atoms with E-state index in [-0.39, 0.29) is 0 Å². The van der Waals surface area contributed by atoms with Crippen LogP contribution in [-0.2, 0) is 0 Å². The van der Waals surface area contributed by atoms with Crippen LogP contribution < -0.4 is 4.74 Å². The number of hydrogen-bond donors (Lipinski definition) is 0. The molecule has 1 aliphatic heterocycles. The van der Waals surface area contributed by atoms with E-state index in [2.05, 4.69) is 42.5 Å². The molecule has 0 radical (unpaired) electrons. The van der Waals surface area contributed by atoms with Gasteiger partial charge >= 0.3 is 0 Å². The van der Waals surface area contributed by atoms with Crippen LogP contribution in [0.5, 0.6) is 5.75 Å². The molecule has 1 heteroatoms. The van der Waals surface area contributed by atoms with Gasteiger partial charge in [0.15, 0.2) is 0 Å². The third-order valence-corrected chi connectivity index (χ3v) is 3.00. The number of benzene rings is 2. The minimum absolute atomic E-state index is 0.773. The fourth-order valence-electron chi connectivity index (χ4n) is 2.16. The highest BCUT2D eigenvalue weighted by molar-refractivity contribution is 5.84. The molecule has 84 valence electrons. The van der Waals surface area contributed by atoms with Gasteiger partial charge in [-0.25, -0.2) is 0 Å². The third kappa shape index (κ3) is 2.09. The van der Waals surface area contributed by atoms with Crippen LogP contribution >= 0.6 is 0 Å². The van der Waals surface area contributed by atoms with Crippen LogP contribution in [0.2, 0.25) is 0 Å². The van der Waals surface area contributed by atoms with Crippen molar-refractivity contribution in [2.75, 3.05) is 6.61 Å². The van der Waals surface area contributed by atoms with Crippen molar-refractivity contribution in [2.24, 2.45) is 0 Å². The van der Waals surface area contributed by atoms with E-state index in [0.717, 1.165) is 18.8 Å². The lowest BCUT2D eigenvalue weighted by atomic mass is 9.97. The zero-order chi connectivity index (χ0) is 11.5. The average Bonchev–Trinajstić information content (AvgIpc) is 2.40. The van der Waals surface area contributed by atoms with Gasteiger partial charge in [-0.3, -0.25) is 0 Å². The molecule has 0 amide bonds. The number of fused-ring (bicyclic) bond motifs is 1. The normalized spacial score (nSPS) is 16.4. The topological polar surface area (TPSA) is 9.23 Å². The summed E-state index contributed by atoms with van der Waals surface area (Å²) in [5.41, 5.74) is 3.83. The molecule has 0 spiro atoms. The molecule has 1 nitrogen and oxygen atoms in total. The van der Waals surface area contributed by atoms with Crippen molar-refractivity contribution >= 4 is 11.6 Å². The van der Waals surface area contributed by atoms with Gasteiger partial charge in [-0.1, -0.05) is 54.6 Å². The molecule has 2 aromatic carbocycles. The number of para-hydroxylation sites is 1. The Morgan fingerprint density at radius 3 is 2.53 bits per heavy atom. The summed E-state index contributed by atoms with van der Waals surface area (Å²) in [6.45, 7) is 0.773. The first-order chi connectivity index (χ1) is 8.43. The van der Waals surface area contributed by atoms with Crippen LogP contribution in [0.1, 0.15) is 17.5 Å². The van der Waals surface area contributed by atoms with Gasteiger partial charge < -0.3 is 4.74 Å². The van der Waals surface area contributed by atoms with Crippen LogP contribution in [0, 0.1) is 0 Å². The zero-order valence-electron chi connectivity index (χ0n) is 9.60. The van der Waals surface area contributed by atoms with E-state index in [1.54, 1.807) is 0 Å². The molecule has 1 heterocycles. The van der Waals surface area contributed by atoms with Crippen LogP contribution in [0.25, 0.3) is 11.6 Å². The van der Waals surface area contributed by atoms with Crippen LogP contribution in [-0.4, -0.2) is 6.61 Å². The lowest BCUT2D eigenvalue weighted by Crippen LogP contribution is -2.07. The quantitative estimate of drug-likeness (QED) is 0.708. The largest absolute Gasteiger partial charge is 0.493 e. The van der Waals surface area contributed by atoms with Crippen LogP contribution in [0.15, 0.2) is 54.6 Å². The van der Waals surface area contributed by atoms with Gasteiger partial charge in [-0.05, 0) is 17.2 Å². The van der Waals surface area contributed by atoms with E-state index in [4.69, 9.17) is 4.74 Å². The van der Waals surface area contributed by atoms with Crippen LogP contribution in [0.3, 0.4) is 0 Å². The van der Waals surface area contributed by atoms with Gasteiger partial charge in [0.2, 0.25) is 0 Å². The summed E-state index contributed by atoms with van der Waals surface area (Å²) in [6.07, 6.45) is 3.23. The summed E-state index contributed by atoms with van der Waals surface area (Å²) in [5, 5.41) is 0. The fourth-order valence-corrected chi connectivity index (χ4v) is 2.16. The molecule has 0 fully saturated rings.